The SMILES string of the molecule is COC(=O)C(=O)c1cccc(F)c1C#N. The van der Waals surface area contributed by atoms with Crippen LogP contribution in [0, 0.1) is 17.1 Å². The molecule has 4 nitrogen and oxygen atoms in total. The van der Waals surface area contributed by atoms with E-state index in [1.54, 1.807) is 0 Å². The lowest BCUT2D eigenvalue weighted by Crippen LogP contribution is -2.17. The number of ether oxygens (including phenoxy) is 1. The lowest BCUT2D eigenvalue weighted by molar-refractivity contribution is -0.135. The van der Waals surface area contributed by atoms with E-state index in [1.807, 2.05) is 0 Å². The van der Waals surface area contributed by atoms with E-state index in [1.165, 1.54) is 18.2 Å². The average molecular weight is 207 g/mol. The fourth-order valence-electron chi connectivity index (χ4n) is 1.03. The van der Waals surface area contributed by atoms with Gasteiger partial charge in [-0.3, -0.25) is 4.79 Å². The molecular formula is C10H6FNO3. The highest BCUT2D eigenvalue weighted by atomic mass is 19.1. The van der Waals surface area contributed by atoms with E-state index in [0.29, 0.717) is 0 Å². The van der Waals surface area contributed by atoms with Crippen LogP contribution >= 0.6 is 0 Å². The molecule has 76 valence electrons. The lowest BCUT2D eigenvalue weighted by atomic mass is 10.0. The molecule has 0 aliphatic carbocycles. The van der Waals surface area contributed by atoms with Gasteiger partial charge in [-0.2, -0.15) is 5.26 Å². The molecule has 0 fully saturated rings. The van der Waals surface area contributed by atoms with Crippen LogP contribution in [-0.4, -0.2) is 18.9 Å². The van der Waals surface area contributed by atoms with Crippen molar-refractivity contribution in [2.45, 2.75) is 0 Å². The van der Waals surface area contributed by atoms with Gasteiger partial charge in [-0.15, -0.1) is 0 Å². The van der Waals surface area contributed by atoms with Gasteiger partial charge in [0.2, 0.25) is 0 Å². The van der Waals surface area contributed by atoms with E-state index in [0.717, 1.165) is 13.2 Å². The number of carbonyl (C=O) groups is 2. The van der Waals surface area contributed by atoms with Crippen molar-refractivity contribution in [2.75, 3.05) is 7.11 Å². The molecule has 5 heteroatoms. The van der Waals surface area contributed by atoms with Crippen molar-refractivity contribution in [1.82, 2.24) is 0 Å². The van der Waals surface area contributed by atoms with Gasteiger partial charge in [0.1, 0.15) is 11.9 Å². The maximum atomic E-state index is 13.1. The number of carbonyl (C=O) groups excluding carboxylic acids is 2. The summed E-state index contributed by atoms with van der Waals surface area (Å²) in [4.78, 5) is 22.2. The number of hydrogen-bond donors (Lipinski definition) is 0. The minimum absolute atomic E-state index is 0.288. The molecule has 0 aromatic heterocycles. The van der Waals surface area contributed by atoms with Crippen molar-refractivity contribution in [3.8, 4) is 6.07 Å². The van der Waals surface area contributed by atoms with Crippen LogP contribution < -0.4 is 0 Å². The molecule has 0 unspecified atom stereocenters. The summed E-state index contributed by atoms with van der Waals surface area (Å²) in [7, 11) is 1.03. The summed E-state index contributed by atoms with van der Waals surface area (Å²) in [5.74, 6) is -3.00. The second-order valence-electron chi connectivity index (χ2n) is 2.59. The molecule has 0 amide bonds. The van der Waals surface area contributed by atoms with Gasteiger partial charge in [0.25, 0.3) is 5.78 Å². The molecule has 1 aromatic carbocycles. The molecule has 0 bridgehead atoms. The summed E-state index contributed by atoms with van der Waals surface area (Å²) in [6.07, 6.45) is 0. The molecule has 0 aliphatic rings. The summed E-state index contributed by atoms with van der Waals surface area (Å²) in [5, 5.41) is 8.61. The minimum atomic E-state index is -1.13. The molecule has 0 spiro atoms. The van der Waals surface area contributed by atoms with Gasteiger partial charge >= 0.3 is 5.97 Å². The first-order valence-electron chi connectivity index (χ1n) is 3.93. The van der Waals surface area contributed by atoms with Crippen LogP contribution in [0.2, 0.25) is 0 Å². The Morgan fingerprint density at radius 2 is 2.13 bits per heavy atom. The number of hydrogen-bond acceptors (Lipinski definition) is 4. The van der Waals surface area contributed by atoms with Gasteiger partial charge in [0.05, 0.1) is 18.2 Å². The number of esters is 1. The van der Waals surface area contributed by atoms with E-state index in [4.69, 9.17) is 5.26 Å². The number of methoxy groups -OCH3 is 1. The topological polar surface area (TPSA) is 67.2 Å². The number of nitrogens with zero attached hydrogens (tertiary/aromatic N) is 1. The Morgan fingerprint density at radius 1 is 1.47 bits per heavy atom. The van der Waals surface area contributed by atoms with Crippen LogP contribution in [0.3, 0.4) is 0 Å². The summed E-state index contributed by atoms with van der Waals surface area (Å²) >= 11 is 0. The van der Waals surface area contributed by atoms with Gasteiger partial charge in [-0.25, -0.2) is 9.18 Å². The molecule has 0 atom stereocenters. The zero-order valence-corrected chi connectivity index (χ0v) is 7.78. The second-order valence-corrected chi connectivity index (χ2v) is 2.59. The summed E-state index contributed by atoms with van der Waals surface area (Å²) in [6, 6.07) is 4.99. The first-order chi connectivity index (χ1) is 7.11. The van der Waals surface area contributed by atoms with Crippen molar-refractivity contribution in [2.24, 2.45) is 0 Å². The third kappa shape index (κ3) is 1.99. The fourth-order valence-corrected chi connectivity index (χ4v) is 1.03. The molecule has 0 saturated heterocycles. The van der Waals surface area contributed by atoms with Gasteiger partial charge in [0, 0.05) is 0 Å². The van der Waals surface area contributed by atoms with Crippen molar-refractivity contribution in [3.63, 3.8) is 0 Å². The zero-order chi connectivity index (χ0) is 11.4. The summed E-state index contributed by atoms with van der Waals surface area (Å²) in [6.45, 7) is 0. The van der Waals surface area contributed by atoms with Gasteiger partial charge in [-0.05, 0) is 12.1 Å². The van der Waals surface area contributed by atoms with Crippen molar-refractivity contribution < 1.29 is 18.7 Å². The third-order valence-corrected chi connectivity index (χ3v) is 1.74. The maximum Gasteiger partial charge on any atom is 0.379 e. The van der Waals surface area contributed by atoms with E-state index in [9.17, 15) is 14.0 Å². The van der Waals surface area contributed by atoms with Crippen molar-refractivity contribution in [1.29, 1.82) is 5.26 Å². The smallest absolute Gasteiger partial charge is 0.379 e. The maximum absolute atomic E-state index is 13.1. The Bertz CT molecular complexity index is 462. The fraction of sp³-hybridized carbons (Fsp3) is 0.100. The second kappa shape index (κ2) is 4.33. The van der Waals surface area contributed by atoms with Crippen molar-refractivity contribution in [3.05, 3.63) is 35.1 Å². The van der Waals surface area contributed by atoms with Crippen LogP contribution in [-0.2, 0) is 9.53 Å². The standard InChI is InChI=1S/C10H6FNO3/c1-15-10(14)9(13)6-3-2-4-8(11)7(6)5-12/h2-4H,1H3. The third-order valence-electron chi connectivity index (χ3n) is 1.74. The number of nitriles is 1. The van der Waals surface area contributed by atoms with Gasteiger partial charge < -0.3 is 4.74 Å². The Hall–Kier alpha value is -2.22. The predicted molar refractivity (Wildman–Crippen MR) is 47.5 cm³/mol. The predicted octanol–water partition coefficient (Wildman–Crippen LogP) is 1.05. The van der Waals surface area contributed by atoms with E-state index in [-0.39, 0.29) is 5.56 Å². The number of rotatable bonds is 2. The molecule has 0 saturated carbocycles. The van der Waals surface area contributed by atoms with Crippen molar-refractivity contribution >= 4 is 11.8 Å². The quantitative estimate of drug-likeness (QED) is 0.413. The van der Waals surface area contributed by atoms with Crippen LogP contribution in [0.5, 0.6) is 0 Å². The molecule has 15 heavy (non-hydrogen) atoms. The molecular weight excluding hydrogens is 201 g/mol. The highest BCUT2D eigenvalue weighted by Crippen LogP contribution is 2.13. The van der Waals surface area contributed by atoms with E-state index >= 15 is 0 Å². The summed E-state index contributed by atoms with van der Waals surface area (Å²) < 4.78 is 17.2. The molecule has 0 N–H and O–H groups in total. The first-order valence-corrected chi connectivity index (χ1v) is 3.93. The van der Waals surface area contributed by atoms with E-state index < -0.39 is 23.1 Å². The Kier molecular flexibility index (Phi) is 3.13. The van der Waals surface area contributed by atoms with Gasteiger partial charge in [-0.1, -0.05) is 6.07 Å². The number of ketones is 1. The first kappa shape index (κ1) is 10.9. The van der Waals surface area contributed by atoms with Crippen LogP contribution in [0.15, 0.2) is 18.2 Å². The Labute approximate surface area is 84.9 Å². The average Bonchev–Trinajstić information content (AvgIpc) is 2.26. The number of halogens is 1. The molecule has 0 radical (unpaired) electrons. The number of Topliss-reactive ketones (excluding diaryl/α,β-unsaturated/α-hetero) is 1. The molecule has 1 rings (SSSR count). The largest absolute Gasteiger partial charge is 0.463 e. The highest BCUT2D eigenvalue weighted by molar-refractivity contribution is 6.41. The summed E-state index contributed by atoms with van der Waals surface area (Å²) in [5.41, 5.74) is -0.739. The normalized spacial score (nSPS) is 9.13. The molecule has 1 aromatic rings. The monoisotopic (exact) mass is 207 g/mol. The van der Waals surface area contributed by atoms with Crippen LogP contribution in [0.4, 0.5) is 4.39 Å². The number of benzene rings is 1. The Balaban J connectivity index is 3.27. The van der Waals surface area contributed by atoms with Gasteiger partial charge in [0.15, 0.2) is 0 Å². The zero-order valence-electron chi connectivity index (χ0n) is 7.78. The molecule has 0 heterocycles. The highest BCUT2D eigenvalue weighted by Gasteiger charge is 2.21. The van der Waals surface area contributed by atoms with Crippen LogP contribution in [0.1, 0.15) is 15.9 Å². The van der Waals surface area contributed by atoms with Crippen LogP contribution in [0.25, 0.3) is 0 Å². The molecule has 0 aliphatic heterocycles. The Morgan fingerprint density at radius 3 is 2.67 bits per heavy atom. The minimum Gasteiger partial charge on any atom is -0.463 e. The lowest BCUT2D eigenvalue weighted by Gasteiger charge is -2.01. The van der Waals surface area contributed by atoms with E-state index in [2.05, 4.69) is 4.74 Å².